The molecule has 0 radical (unpaired) electrons. The standard InChI is InChI=1S/C23H21FN6O3/c1-4-6-15-9-10-19-21(26-15)29(3)23(32)18(13-33-19)27-22(31)20-17(24)12-30(28-20)11-16-8-5-7-14(2)25-16/h5,7-10,12,18H,11,13H2,1-3H3,(H,27,31)/t18-/m0/s1. The highest BCUT2D eigenvalue weighted by molar-refractivity contribution is 6.02. The van der Waals surface area contributed by atoms with Crippen LogP contribution in [-0.4, -0.2) is 51.3 Å². The molecule has 1 aliphatic rings. The van der Waals surface area contributed by atoms with Crippen molar-refractivity contribution in [1.82, 2.24) is 25.1 Å². The van der Waals surface area contributed by atoms with E-state index in [1.54, 1.807) is 25.1 Å². The zero-order chi connectivity index (χ0) is 23.5. The summed E-state index contributed by atoms with van der Waals surface area (Å²) in [7, 11) is 1.52. The molecule has 2 amide bonds. The lowest BCUT2D eigenvalue weighted by Crippen LogP contribution is -2.49. The summed E-state index contributed by atoms with van der Waals surface area (Å²) in [4.78, 5) is 35.6. The van der Waals surface area contributed by atoms with Crippen molar-refractivity contribution in [2.24, 2.45) is 0 Å². The lowest BCUT2D eigenvalue weighted by atomic mass is 10.2. The van der Waals surface area contributed by atoms with Crippen LogP contribution in [0.15, 0.2) is 36.5 Å². The number of nitrogens with one attached hydrogen (secondary N) is 1. The molecule has 0 spiro atoms. The maximum atomic E-state index is 14.5. The molecular weight excluding hydrogens is 427 g/mol. The number of fused-ring (bicyclic) bond motifs is 1. The number of aryl methyl sites for hydroxylation is 1. The molecular formula is C23H21FN6O3. The first-order chi connectivity index (χ1) is 15.9. The van der Waals surface area contributed by atoms with Gasteiger partial charge in [0.15, 0.2) is 23.1 Å². The molecule has 9 nitrogen and oxygen atoms in total. The van der Waals surface area contributed by atoms with Crippen molar-refractivity contribution in [1.29, 1.82) is 0 Å². The number of aromatic nitrogens is 4. The molecule has 0 fully saturated rings. The van der Waals surface area contributed by atoms with E-state index in [1.807, 2.05) is 19.1 Å². The predicted molar refractivity (Wildman–Crippen MR) is 117 cm³/mol. The first kappa shape index (κ1) is 22.0. The molecule has 0 aromatic carbocycles. The number of likely N-dealkylation sites (N-methyl/N-ethyl adjacent to an activating group) is 1. The minimum Gasteiger partial charge on any atom is -0.487 e. The fourth-order valence-electron chi connectivity index (χ4n) is 3.38. The number of carbonyl (C=O) groups excluding carboxylic acids is 2. The van der Waals surface area contributed by atoms with Gasteiger partial charge in [-0.25, -0.2) is 9.37 Å². The average Bonchev–Trinajstić information content (AvgIpc) is 3.11. The highest BCUT2D eigenvalue weighted by Gasteiger charge is 2.33. The Morgan fingerprint density at radius 2 is 2.12 bits per heavy atom. The number of nitrogens with zero attached hydrogens (tertiary/aromatic N) is 5. The number of ether oxygens (including phenoxy) is 1. The summed E-state index contributed by atoms with van der Waals surface area (Å²) in [6.45, 7) is 3.59. The van der Waals surface area contributed by atoms with Gasteiger partial charge in [-0.05, 0) is 44.0 Å². The lowest BCUT2D eigenvalue weighted by molar-refractivity contribution is -0.120. The minimum atomic E-state index is -1.06. The van der Waals surface area contributed by atoms with Crippen molar-refractivity contribution in [3.63, 3.8) is 0 Å². The number of rotatable bonds is 4. The summed E-state index contributed by atoms with van der Waals surface area (Å²) in [6.07, 6.45) is 1.12. The van der Waals surface area contributed by atoms with Gasteiger partial charge >= 0.3 is 0 Å². The highest BCUT2D eigenvalue weighted by Crippen LogP contribution is 2.28. The fraction of sp³-hybridized carbons (Fsp3) is 0.261. The smallest absolute Gasteiger partial charge is 0.275 e. The van der Waals surface area contributed by atoms with E-state index in [0.717, 1.165) is 11.9 Å². The molecule has 4 heterocycles. The number of pyridine rings is 2. The van der Waals surface area contributed by atoms with E-state index in [1.165, 1.54) is 16.6 Å². The first-order valence-electron chi connectivity index (χ1n) is 10.2. The lowest BCUT2D eigenvalue weighted by Gasteiger charge is -2.19. The summed E-state index contributed by atoms with van der Waals surface area (Å²) in [5.41, 5.74) is 1.56. The number of anilines is 1. The van der Waals surface area contributed by atoms with Crippen molar-refractivity contribution >= 4 is 17.6 Å². The average molecular weight is 448 g/mol. The van der Waals surface area contributed by atoms with Crippen molar-refractivity contribution in [3.05, 3.63) is 65.1 Å². The van der Waals surface area contributed by atoms with Crippen LogP contribution in [0.3, 0.4) is 0 Å². The van der Waals surface area contributed by atoms with E-state index < -0.39 is 29.4 Å². The number of carbonyl (C=O) groups is 2. The summed E-state index contributed by atoms with van der Waals surface area (Å²) in [5.74, 6) is 4.16. The molecule has 3 aromatic rings. The molecule has 0 aliphatic carbocycles. The number of hydrogen-bond acceptors (Lipinski definition) is 6. The number of amides is 2. The van der Waals surface area contributed by atoms with E-state index in [2.05, 4.69) is 32.2 Å². The van der Waals surface area contributed by atoms with Crippen molar-refractivity contribution in [3.8, 4) is 17.6 Å². The summed E-state index contributed by atoms with van der Waals surface area (Å²) in [5, 5.41) is 6.55. The van der Waals surface area contributed by atoms with Crippen LogP contribution < -0.4 is 15.0 Å². The molecule has 0 unspecified atom stereocenters. The molecule has 0 bridgehead atoms. The molecule has 168 valence electrons. The van der Waals surface area contributed by atoms with Gasteiger partial charge in [0, 0.05) is 12.7 Å². The van der Waals surface area contributed by atoms with Gasteiger partial charge in [-0.3, -0.25) is 24.2 Å². The van der Waals surface area contributed by atoms with Crippen LogP contribution in [0.4, 0.5) is 10.2 Å². The van der Waals surface area contributed by atoms with E-state index in [4.69, 9.17) is 4.74 Å². The minimum absolute atomic E-state index is 0.141. The third kappa shape index (κ3) is 4.67. The SMILES string of the molecule is CC#Cc1ccc2c(n1)N(C)C(=O)[C@@H](NC(=O)c1nn(Cc3cccc(C)n3)cc1F)CO2. The zero-order valence-electron chi connectivity index (χ0n) is 18.3. The quantitative estimate of drug-likeness (QED) is 0.610. The molecule has 1 atom stereocenters. The normalized spacial score (nSPS) is 15.1. The van der Waals surface area contributed by atoms with E-state index in [-0.39, 0.29) is 19.0 Å². The van der Waals surface area contributed by atoms with Crippen LogP contribution in [0.5, 0.6) is 5.75 Å². The van der Waals surface area contributed by atoms with Crippen LogP contribution in [0.2, 0.25) is 0 Å². The molecule has 4 rings (SSSR count). The Morgan fingerprint density at radius 3 is 2.88 bits per heavy atom. The fourth-order valence-corrected chi connectivity index (χ4v) is 3.38. The van der Waals surface area contributed by atoms with Crippen LogP contribution in [0, 0.1) is 24.6 Å². The van der Waals surface area contributed by atoms with Crippen LogP contribution in [0.25, 0.3) is 0 Å². The highest BCUT2D eigenvalue weighted by atomic mass is 19.1. The topological polar surface area (TPSA) is 102 Å². The van der Waals surface area contributed by atoms with Crippen molar-refractivity contribution < 1.29 is 18.7 Å². The van der Waals surface area contributed by atoms with Gasteiger partial charge in [0.25, 0.3) is 11.8 Å². The second-order valence-electron chi connectivity index (χ2n) is 7.42. The van der Waals surface area contributed by atoms with E-state index >= 15 is 0 Å². The molecule has 10 heteroatoms. The maximum absolute atomic E-state index is 14.5. The third-order valence-electron chi connectivity index (χ3n) is 4.95. The van der Waals surface area contributed by atoms with Gasteiger partial charge in [-0.1, -0.05) is 12.0 Å². The van der Waals surface area contributed by atoms with Gasteiger partial charge in [-0.15, -0.1) is 0 Å². The Bertz CT molecular complexity index is 1290. The Kier molecular flexibility index (Phi) is 6.04. The molecule has 1 aliphatic heterocycles. The molecule has 3 aromatic heterocycles. The van der Waals surface area contributed by atoms with Crippen molar-refractivity contribution in [2.75, 3.05) is 18.6 Å². The van der Waals surface area contributed by atoms with Crippen LogP contribution in [0.1, 0.15) is 34.5 Å². The molecule has 0 saturated heterocycles. The Hall–Kier alpha value is -4.26. The maximum Gasteiger partial charge on any atom is 0.275 e. The second-order valence-corrected chi connectivity index (χ2v) is 7.42. The Labute approximate surface area is 189 Å². The number of hydrogen-bond donors (Lipinski definition) is 1. The van der Waals surface area contributed by atoms with Gasteiger partial charge < -0.3 is 10.1 Å². The summed E-state index contributed by atoms with van der Waals surface area (Å²) in [6, 6.07) is 7.76. The van der Waals surface area contributed by atoms with Gasteiger partial charge in [0.2, 0.25) is 0 Å². The Morgan fingerprint density at radius 1 is 1.30 bits per heavy atom. The second kappa shape index (κ2) is 9.08. The Balaban J connectivity index is 1.50. The summed E-state index contributed by atoms with van der Waals surface area (Å²) < 4.78 is 21.4. The molecule has 0 saturated carbocycles. The van der Waals surface area contributed by atoms with Gasteiger partial charge in [0.1, 0.15) is 18.3 Å². The van der Waals surface area contributed by atoms with Crippen molar-refractivity contribution in [2.45, 2.75) is 26.4 Å². The molecule has 1 N–H and O–H groups in total. The van der Waals surface area contributed by atoms with Crippen LogP contribution in [-0.2, 0) is 11.3 Å². The summed E-state index contributed by atoms with van der Waals surface area (Å²) >= 11 is 0. The number of halogens is 1. The van der Waals surface area contributed by atoms with Crippen LogP contribution >= 0.6 is 0 Å². The third-order valence-corrected chi connectivity index (χ3v) is 4.95. The zero-order valence-corrected chi connectivity index (χ0v) is 18.3. The predicted octanol–water partition coefficient (Wildman–Crippen LogP) is 1.69. The monoisotopic (exact) mass is 448 g/mol. The van der Waals surface area contributed by atoms with E-state index in [0.29, 0.717) is 17.1 Å². The van der Waals surface area contributed by atoms with Gasteiger partial charge in [0.05, 0.1) is 18.4 Å². The molecule has 33 heavy (non-hydrogen) atoms. The van der Waals surface area contributed by atoms with Gasteiger partial charge in [-0.2, -0.15) is 5.10 Å². The van der Waals surface area contributed by atoms with E-state index in [9.17, 15) is 14.0 Å². The largest absolute Gasteiger partial charge is 0.487 e. The first-order valence-corrected chi connectivity index (χ1v) is 10.2.